The van der Waals surface area contributed by atoms with Gasteiger partial charge in [-0.15, -0.1) is 0 Å². The Hall–Kier alpha value is -2.78. The molecule has 1 heterocycles. The molecule has 0 unspecified atom stereocenters. The Kier molecular flexibility index (Phi) is 9.14. The summed E-state index contributed by atoms with van der Waals surface area (Å²) in [6, 6.07) is -1.79. The van der Waals surface area contributed by atoms with Gasteiger partial charge in [-0.2, -0.15) is 0 Å². The van der Waals surface area contributed by atoms with Crippen molar-refractivity contribution in [3.05, 3.63) is 11.8 Å². The van der Waals surface area contributed by atoms with Crippen molar-refractivity contribution < 1.29 is 24.2 Å². The minimum Gasteiger partial charge on any atom is -0.475 e. The molecule has 31 heavy (non-hydrogen) atoms. The van der Waals surface area contributed by atoms with Gasteiger partial charge in [0.1, 0.15) is 0 Å². The molecule has 10 nitrogen and oxygen atoms in total. The average Bonchev–Trinajstić information content (AvgIpc) is 2.71. The molecule has 1 fully saturated rings. The number of guanidine groups is 1. The summed E-state index contributed by atoms with van der Waals surface area (Å²) in [5.74, 6) is -2.35. The number of rotatable bonds is 9. The van der Waals surface area contributed by atoms with Crippen LogP contribution < -0.4 is 16.4 Å². The third kappa shape index (κ3) is 7.15. The molecular formula is C21H35N5O5. The lowest BCUT2D eigenvalue weighted by atomic mass is 9.87. The van der Waals surface area contributed by atoms with Crippen molar-refractivity contribution in [3.8, 4) is 0 Å². The molecule has 0 aromatic rings. The highest BCUT2D eigenvalue weighted by Gasteiger charge is 2.43. The molecule has 2 aliphatic rings. The number of ether oxygens (including phenoxy) is 1. The molecule has 2 amide bonds. The number of hydrogen-bond donors (Lipinski definition) is 5. The van der Waals surface area contributed by atoms with Gasteiger partial charge < -0.3 is 31.1 Å². The number of carbonyl (C=O) groups is 3. The van der Waals surface area contributed by atoms with Crippen molar-refractivity contribution in [2.75, 3.05) is 13.1 Å². The van der Waals surface area contributed by atoms with Crippen LogP contribution in [0.5, 0.6) is 0 Å². The maximum atomic E-state index is 13.5. The van der Waals surface area contributed by atoms with Gasteiger partial charge in [0.15, 0.2) is 12.1 Å². The van der Waals surface area contributed by atoms with E-state index in [1.165, 1.54) is 45.1 Å². The van der Waals surface area contributed by atoms with Gasteiger partial charge >= 0.3 is 5.97 Å². The first kappa shape index (κ1) is 24.5. The molecule has 1 aliphatic heterocycles. The summed E-state index contributed by atoms with van der Waals surface area (Å²) in [4.78, 5) is 38.6. The smallest absolute Gasteiger partial charge is 0.370 e. The first-order valence-corrected chi connectivity index (χ1v) is 11.0. The number of aliphatic carboxylic acids is 1. The van der Waals surface area contributed by atoms with E-state index < -0.39 is 41.8 Å². The van der Waals surface area contributed by atoms with Crippen molar-refractivity contribution in [2.45, 2.75) is 77.0 Å². The fourth-order valence-corrected chi connectivity index (χ4v) is 4.34. The van der Waals surface area contributed by atoms with E-state index in [0.29, 0.717) is 19.0 Å². The lowest BCUT2D eigenvalue weighted by molar-refractivity contribution is -0.149. The first-order chi connectivity index (χ1) is 14.7. The number of nitrogens with zero attached hydrogens (tertiary/aromatic N) is 1. The maximum absolute atomic E-state index is 13.5. The highest BCUT2D eigenvalue weighted by molar-refractivity contribution is 5.89. The minimum atomic E-state index is -1.33. The Balaban J connectivity index is 2.25. The summed E-state index contributed by atoms with van der Waals surface area (Å²) in [7, 11) is 0. The molecule has 0 radical (unpaired) electrons. The molecule has 0 aromatic heterocycles. The lowest BCUT2D eigenvalue weighted by Gasteiger charge is -2.38. The number of carbonyl (C=O) groups excluding carboxylic acids is 2. The Morgan fingerprint density at radius 2 is 1.90 bits per heavy atom. The predicted octanol–water partition coefficient (Wildman–Crippen LogP) is 0.919. The zero-order chi connectivity index (χ0) is 23.0. The van der Waals surface area contributed by atoms with Crippen molar-refractivity contribution in [3.63, 3.8) is 0 Å². The molecule has 3 atom stereocenters. The first-order valence-electron chi connectivity index (χ1n) is 11.0. The average molecular weight is 438 g/mol. The van der Waals surface area contributed by atoms with Crippen molar-refractivity contribution in [1.82, 2.24) is 15.5 Å². The van der Waals surface area contributed by atoms with Gasteiger partial charge in [0, 0.05) is 20.0 Å². The van der Waals surface area contributed by atoms with E-state index in [4.69, 9.17) is 15.9 Å². The lowest BCUT2D eigenvalue weighted by Crippen LogP contribution is -2.63. The van der Waals surface area contributed by atoms with Crippen LogP contribution in [0.1, 0.15) is 58.8 Å². The molecule has 1 aliphatic carbocycles. The van der Waals surface area contributed by atoms with E-state index in [1.807, 2.05) is 6.92 Å². The van der Waals surface area contributed by atoms with Gasteiger partial charge in [-0.05, 0) is 24.8 Å². The van der Waals surface area contributed by atoms with Crippen molar-refractivity contribution in [2.24, 2.45) is 11.7 Å². The molecule has 0 bridgehead atoms. The van der Waals surface area contributed by atoms with Gasteiger partial charge in [0.25, 0.3) is 5.91 Å². The van der Waals surface area contributed by atoms with E-state index in [0.717, 1.165) is 12.8 Å². The topological polar surface area (TPSA) is 158 Å². The molecule has 0 spiro atoms. The summed E-state index contributed by atoms with van der Waals surface area (Å²) >= 11 is 0. The third-order valence-electron chi connectivity index (χ3n) is 5.78. The number of hydrogen-bond acceptors (Lipinski definition) is 5. The van der Waals surface area contributed by atoms with Gasteiger partial charge in [-0.1, -0.05) is 39.0 Å². The molecule has 6 N–H and O–H groups in total. The normalized spacial score (nSPS) is 23.8. The summed E-state index contributed by atoms with van der Waals surface area (Å²) in [6.45, 7) is 4.34. The van der Waals surface area contributed by atoms with E-state index >= 15 is 0 Å². The second kappa shape index (κ2) is 11.6. The summed E-state index contributed by atoms with van der Waals surface area (Å²) in [5, 5.41) is 22.3. The Morgan fingerprint density at radius 1 is 1.23 bits per heavy atom. The van der Waals surface area contributed by atoms with Crippen LogP contribution in [0.25, 0.3) is 0 Å². The molecule has 174 valence electrons. The zero-order valence-electron chi connectivity index (χ0n) is 18.4. The van der Waals surface area contributed by atoms with E-state index in [2.05, 4.69) is 10.6 Å². The van der Waals surface area contributed by atoms with Gasteiger partial charge in [-0.3, -0.25) is 15.0 Å². The molecule has 0 saturated heterocycles. The maximum Gasteiger partial charge on any atom is 0.370 e. The fourth-order valence-electron chi connectivity index (χ4n) is 4.34. The number of nitrogens with one attached hydrogen (secondary N) is 3. The van der Waals surface area contributed by atoms with Crippen LogP contribution in [0.3, 0.4) is 0 Å². The monoisotopic (exact) mass is 437 g/mol. The number of amides is 2. The number of nitrogens with two attached hydrogens (primary N) is 1. The van der Waals surface area contributed by atoms with Crippen LogP contribution in [0, 0.1) is 11.3 Å². The van der Waals surface area contributed by atoms with Crippen molar-refractivity contribution >= 4 is 23.7 Å². The summed E-state index contributed by atoms with van der Waals surface area (Å²) < 4.78 is 5.56. The van der Waals surface area contributed by atoms with E-state index in [9.17, 15) is 19.5 Å². The van der Waals surface area contributed by atoms with E-state index in [-0.39, 0.29) is 5.91 Å². The molecule has 10 heteroatoms. The zero-order valence-corrected chi connectivity index (χ0v) is 18.4. The second-order valence-electron chi connectivity index (χ2n) is 8.30. The van der Waals surface area contributed by atoms with Crippen molar-refractivity contribution in [1.29, 1.82) is 5.41 Å². The Morgan fingerprint density at radius 3 is 2.45 bits per heavy atom. The summed E-state index contributed by atoms with van der Waals surface area (Å²) in [5.41, 5.74) is 5.44. The van der Waals surface area contributed by atoms with Crippen LogP contribution in [-0.4, -0.2) is 65.0 Å². The Bertz CT molecular complexity index is 704. The molecule has 0 aromatic carbocycles. The summed E-state index contributed by atoms with van der Waals surface area (Å²) in [6.07, 6.45) is 7.64. The molecule has 2 rings (SSSR count). The Labute approximate surface area is 183 Å². The number of carboxylic acid groups (broad SMARTS) is 1. The van der Waals surface area contributed by atoms with Gasteiger partial charge in [0.05, 0.1) is 12.1 Å². The molecule has 1 saturated carbocycles. The van der Waals surface area contributed by atoms with Gasteiger partial charge in [0.2, 0.25) is 11.7 Å². The highest BCUT2D eigenvalue weighted by Crippen LogP contribution is 2.27. The largest absolute Gasteiger partial charge is 0.475 e. The third-order valence-corrected chi connectivity index (χ3v) is 5.78. The highest BCUT2D eigenvalue weighted by atomic mass is 16.5. The van der Waals surface area contributed by atoms with Crippen LogP contribution >= 0.6 is 0 Å². The van der Waals surface area contributed by atoms with Crippen LogP contribution in [0.2, 0.25) is 0 Å². The van der Waals surface area contributed by atoms with Crippen LogP contribution in [0.4, 0.5) is 0 Å². The minimum absolute atomic E-state index is 0.376. The fraction of sp³-hybridized carbons (Fsp3) is 0.714. The molecular weight excluding hydrogens is 402 g/mol. The SMILES string of the molecule is CCCN(CCC1CCCCC1)C(=O)[C@@H]1OC(C(=O)O)=C[C@H](NC(=N)N)[C@H]1NC(C)=O. The number of carboxylic acids is 1. The quantitative estimate of drug-likeness (QED) is 0.265. The standard InChI is InChI=1S/C21H35N5O5/c1-3-10-26(11-9-14-7-5-4-6-8-14)19(28)18-17(24-13(2)27)15(25-21(22)23)12-16(31-18)20(29)30/h12,14-15,17-18H,3-11H2,1-2H3,(H,24,27)(H,29,30)(H4,22,23,25)/t15-,17+,18+/m0/s1. The predicted molar refractivity (Wildman–Crippen MR) is 115 cm³/mol. The van der Waals surface area contributed by atoms with Crippen LogP contribution in [-0.2, 0) is 19.1 Å². The van der Waals surface area contributed by atoms with E-state index in [1.54, 1.807) is 4.90 Å². The van der Waals surface area contributed by atoms with Gasteiger partial charge in [-0.25, -0.2) is 4.79 Å². The van der Waals surface area contributed by atoms with Crippen LogP contribution in [0.15, 0.2) is 11.8 Å². The second-order valence-corrected chi connectivity index (χ2v) is 8.30.